The van der Waals surface area contributed by atoms with Gasteiger partial charge in [-0.2, -0.15) is 5.10 Å². The molecule has 6 nitrogen and oxygen atoms in total. The highest BCUT2D eigenvalue weighted by molar-refractivity contribution is 5.85. The molecule has 1 unspecified atom stereocenters. The lowest BCUT2D eigenvalue weighted by Crippen LogP contribution is -2.40. The first-order valence-corrected chi connectivity index (χ1v) is 9.06. The fraction of sp³-hybridized carbons (Fsp3) is 0.474. The molecule has 3 N–H and O–H groups in total. The van der Waals surface area contributed by atoms with Crippen molar-refractivity contribution in [1.82, 2.24) is 25.7 Å². The van der Waals surface area contributed by atoms with E-state index in [1.54, 1.807) is 6.20 Å². The Kier molecular flexibility index (Phi) is 7.68. The van der Waals surface area contributed by atoms with Crippen LogP contribution in [0.1, 0.15) is 24.8 Å². The minimum Gasteiger partial charge on any atom is -0.351 e. The predicted molar refractivity (Wildman–Crippen MR) is 111 cm³/mol. The molecule has 1 amide bonds. The molecule has 1 spiro atoms. The van der Waals surface area contributed by atoms with Gasteiger partial charge in [0.1, 0.15) is 0 Å². The lowest BCUT2D eigenvalue weighted by molar-refractivity contribution is -0.123. The zero-order valence-electron chi connectivity index (χ0n) is 15.2. The van der Waals surface area contributed by atoms with E-state index < -0.39 is 0 Å². The summed E-state index contributed by atoms with van der Waals surface area (Å²) in [4.78, 5) is 12.6. The van der Waals surface area contributed by atoms with Crippen LogP contribution in [0.15, 0.2) is 42.7 Å². The summed E-state index contributed by atoms with van der Waals surface area (Å²) in [5.74, 6) is 0.102. The Morgan fingerprint density at radius 3 is 2.74 bits per heavy atom. The minimum absolute atomic E-state index is 0. The molecule has 1 aromatic carbocycles. The summed E-state index contributed by atoms with van der Waals surface area (Å²) in [6.07, 6.45) is 6.94. The smallest absolute Gasteiger partial charge is 0.237 e. The molecule has 2 saturated heterocycles. The Balaban J connectivity index is 0.00000131. The number of hydrogen-bond donors (Lipinski definition) is 3. The summed E-state index contributed by atoms with van der Waals surface area (Å²) in [7, 11) is 0. The number of amides is 1. The molecule has 0 radical (unpaired) electrons. The first-order chi connectivity index (χ1) is 12.3. The molecule has 148 valence electrons. The van der Waals surface area contributed by atoms with Gasteiger partial charge in [-0.1, -0.05) is 18.2 Å². The van der Waals surface area contributed by atoms with E-state index in [1.165, 1.54) is 0 Å². The number of rotatable bonds is 4. The van der Waals surface area contributed by atoms with Gasteiger partial charge < -0.3 is 16.0 Å². The third-order valence-electron chi connectivity index (χ3n) is 5.54. The van der Waals surface area contributed by atoms with Crippen molar-refractivity contribution in [2.45, 2.75) is 31.8 Å². The fourth-order valence-electron chi connectivity index (χ4n) is 4.04. The fourth-order valence-corrected chi connectivity index (χ4v) is 4.04. The number of carbonyl (C=O) groups excluding carboxylic acids is 1. The topological polar surface area (TPSA) is 71.0 Å². The van der Waals surface area contributed by atoms with Crippen LogP contribution in [0.25, 0.3) is 5.69 Å². The predicted octanol–water partition coefficient (Wildman–Crippen LogP) is 2.06. The normalized spacial score (nSPS) is 20.5. The van der Waals surface area contributed by atoms with Crippen molar-refractivity contribution in [1.29, 1.82) is 0 Å². The average Bonchev–Trinajstić information content (AvgIpc) is 3.31. The van der Waals surface area contributed by atoms with Crippen molar-refractivity contribution < 1.29 is 4.79 Å². The second-order valence-electron chi connectivity index (χ2n) is 7.18. The number of halogens is 2. The van der Waals surface area contributed by atoms with Crippen molar-refractivity contribution >= 4 is 30.7 Å². The van der Waals surface area contributed by atoms with Crippen molar-refractivity contribution in [2.24, 2.45) is 5.41 Å². The van der Waals surface area contributed by atoms with Crippen molar-refractivity contribution in [3.63, 3.8) is 0 Å². The van der Waals surface area contributed by atoms with Gasteiger partial charge >= 0.3 is 0 Å². The second-order valence-corrected chi connectivity index (χ2v) is 7.18. The molecule has 3 heterocycles. The van der Waals surface area contributed by atoms with Gasteiger partial charge in [-0.05, 0) is 55.5 Å². The number of nitrogens with one attached hydrogen (secondary N) is 3. The molecular weight excluding hydrogens is 385 g/mol. The molecule has 8 heteroatoms. The maximum atomic E-state index is 12.6. The standard InChI is InChI=1S/C19H25N5O.2ClH/c25-18(16-12-19(14-22-16)6-9-20-10-7-19)21-13-15-4-1-2-5-17(15)24-11-3-8-23-24;;/h1-5,8,11,16,20,22H,6-7,9-10,12-14H2,(H,21,25);2*1H. The summed E-state index contributed by atoms with van der Waals surface area (Å²) >= 11 is 0. The molecular formula is C19H27Cl2N5O. The van der Waals surface area contributed by atoms with Crippen LogP contribution < -0.4 is 16.0 Å². The molecule has 4 rings (SSSR count). The van der Waals surface area contributed by atoms with E-state index in [4.69, 9.17) is 0 Å². The molecule has 1 aromatic heterocycles. The Morgan fingerprint density at radius 1 is 1.22 bits per heavy atom. The van der Waals surface area contributed by atoms with Crippen molar-refractivity contribution in [3.05, 3.63) is 48.3 Å². The van der Waals surface area contributed by atoms with Crippen LogP contribution in [-0.2, 0) is 11.3 Å². The highest BCUT2D eigenvalue weighted by Crippen LogP contribution is 2.37. The van der Waals surface area contributed by atoms with E-state index in [0.29, 0.717) is 12.0 Å². The summed E-state index contributed by atoms with van der Waals surface area (Å²) in [6.45, 7) is 3.60. The second kappa shape index (κ2) is 9.55. The highest BCUT2D eigenvalue weighted by atomic mass is 35.5. The van der Waals surface area contributed by atoms with E-state index in [0.717, 1.165) is 50.1 Å². The van der Waals surface area contributed by atoms with Crippen LogP contribution in [0, 0.1) is 5.41 Å². The Bertz CT molecular complexity index is 731. The number of carbonyl (C=O) groups is 1. The number of para-hydroxylation sites is 1. The quantitative estimate of drug-likeness (QED) is 0.719. The Morgan fingerprint density at radius 2 is 2.00 bits per heavy atom. The third kappa shape index (κ3) is 4.82. The molecule has 0 bridgehead atoms. The van der Waals surface area contributed by atoms with Gasteiger partial charge in [0, 0.05) is 25.5 Å². The van der Waals surface area contributed by atoms with Gasteiger partial charge in [-0.25, -0.2) is 4.68 Å². The van der Waals surface area contributed by atoms with Crippen LogP contribution in [0.4, 0.5) is 0 Å². The first kappa shape index (κ1) is 21.7. The van der Waals surface area contributed by atoms with E-state index in [-0.39, 0.29) is 36.8 Å². The maximum absolute atomic E-state index is 12.6. The van der Waals surface area contributed by atoms with Crippen LogP contribution in [-0.4, -0.2) is 41.4 Å². The van der Waals surface area contributed by atoms with Gasteiger partial charge in [-0.15, -0.1) is 24.8 Å². The summed E-state index contributed by atoms with van der Waals surface area (Å²) < 4.78 is 1.83. The van der Waals surface area contributed by atoms with Gasteiger partial charge in [0.2, 0.25) is 5.91 Å². The van der Waals surface area contributed by atoms with Crippen LogP contribution in [0.2, 0.25) is 0 Å². The zero-order valence-corrected chi connectivity index (χ0v) is 16.8. The lowest BCUT2D eigenvalue weighted by Gasteiger charge is -2.33. The molecule has 0 aliphatic carbocycles. The molecule has 1 atom stereocenters. The Labute approximate surface area is 172 Å². The zero-order chi connectivity index (χ0) is 17.1. The minimum atomic E-state index is -0.0741. The van der Waals surface area contributed by atoms with Gasteiger partial charge in [0.15, 0.2) is 0 Å². The van der Waals surface area contributed by atoms with E-state index in [2.05, 4.69) is 21.0 Å². The monoisotopic (exact) mass is 411 g/mol. The van der Waals surface area contributed by atoms with Crippen LogP contribution in [0.5, 0.6) is 0 Å². The lowest BCUT2D eigenvalue weighted by atomic mass is 9.77. The Hall–Kier alpha value is -1.60. The molecule has 27 heavy (non-hydrogen) atoms. The van der Waals surface area contributed by atoms with Crippen molar-refractivity contribution in [3.8, 4) is 5.69 Å². The van der Waals surface area contributed by atoms with Gasteiger partial charge in [-0.3, -0.25) is 4.79 Å². The molecule has 2 aliphatic heterocycles. The number of hydrogen-bond acceptors (Lipinski definition) is 4. The van der Waals surface area contributed by atoms with E-state index in [1.807, 2.05) is 41.2 Å². The van der Waals surface area contributed by atoms with Gasteiger partial charge in [0.25, 0.3) is 0 Å². The average molecular weight is 412 g/mol. The van der Waals surface area contributed by atoms with Gasteiger partial charge in [0.05, 0.1) is 11.7 Å². The maximum Gasteiger partial charge on any atom is 0.237 e. The third-order valence-corrected chi connectivity index (χ3v) is 5.54. The SMILES string of the molecule is Cl.Cl.O=C(NCc1ccccc1-n1cccn1)C1CC2(CCNCC2)CN1. The largest absolute Gasteiger partial charge is 0.351 e. The van der Waals surface area contributed by atoms with E-state index in [9.17, 15) is 4.79 Å². The number of aromatic nitrogens is 2. The highest BCUT2D eigenvalue weighted by Gasteiger charge is 2.41. The molecule has 2 aliphatic rings. The number of benzene rings is 1. The molecule has 2 fully saturated rings. The summed E-state index contributed by atoms with van der Waals surface area (Å²) in [5.41, 5.74) is 2.37. The van der Waals surface area contributed by atoms with Crippen molar-refractivity contribution in [2.75, 3.05) is 19.6 Å². The van der Waals surface area contributed by atoms with E-state index >= 15 is 0 Å². The van der Waals surface area contributed by atoms with Crippen LogP contribution >= 0.6 is 24.8 Å². The number of piperidine rings is 1. The van der Waals surface area contributed by atoms with Crippen LogP contribution in [0.3, 0.4) is 0 Å². The summed E-state index contributed by atoms with van der Waals surface area (Å²) in [6, 6.07) is 9.86. The summed E-state index contributed by atoms with van der Waals surface area (Å²) in [5, 5.41) is 14.2. The molecule has 0 saturated carbocycles. The number of nitrogens with zero attached hydrogens (tertiary/aromatic N) is 2. The first-order valence-electron chi connectivity index (χ1n) is 9.06. The molecule has 2 aromatic rings.